The van der Waals surface area contributed by atoms with Crippen molar-refractivity contribution in [3.8, 4) is 0 Å². The Morgan fingerprint density at radius 1 is 1.10 bits per heavy atom. The zero-order valence-electron chi connectivity index (χ0n) is 17.4. The summed E-state index contributed by atoms with van der Waals surface area (Å²) in [6.07, 6.45) is 4.66. The summed E-state index contributed by atoms with van der Waals surface area (Å²) in [5, 5.41) is 8.29. The Morgan fingerprint density at radius 3 is 2.43 bits per heavy atom. The molecule has 0 radical (unpaired) electrons. The van der Waals surface area contributed by atoms with Gasteiger partial charge in [0.1, 0.15) is 0 Å². The molecule has 1 aromatic carbocycles. The number of imide groups is 1. The van der Waals surface area contributed by atoms with Crippen molar-refractivity contribution in [2.24, 2.45) is 5.92 Å². The van der Waals surface area contributed by atoms with Gasteiger partial charge in [-0.15, -0.1) is 0 Å². The molecule has 1 atom stereocenters. The highest BCUT2D eigenvalue weighted by Crippen LogP contribution is 2.28. The molecule has 3 N–H and O–H groups in total. The Balaban J connectivity index is 1.54. The Bertz CT molecular complexity index is 790. The van der Waals surface area contributed by atoms with Crippen LogP contribution in [0, 0.1) is 5.92 Å². The van der Waals surface area contributed by atoms with Crippen molar-refractivity contribution >= 4 is 29.3 Å². The molecule has 1 saturated carbocycles. The number of rotatable bonds is 8. The van der Waals surface area contributed by atoms with Crippen LogP contribution < -0.4 is 20.9 Å². The lowest BCUT2D eigenvalue weighted by Crippen LogP contribution is -2.57. The summed E-state index contributed by atoms with van der Waals surface area (Å²) in [6, 6.07) is 9.67. The zero-order chi connectivity index (χ0) is 21.6. The lowest BCUT2D eigenvalue weighted by atomic mass is 9.81. The third-order valence-corrected chi connectivity index (χ3v) is 5.91. The second-order valence-electron chi connectivity index (χ2n) is 8.38. The van der Waals surface area contributed by atoms with E-state index in [0.29, 0.717) is 6.54 Å². The Morgan fingerprint density at radius 2 is 1.80 bits per heavy atom. The van der Waals surface area contributed by atoms with E-state index in [1.807, 2.05) is 42.3 Å². The maximum Gasteiger partial charge on any atom is 0.239 e. The molecule has 1 heterocycles. The lowest BCUT2D eigenvalue weighted by molar-refractivity contribution is -0.130. The highest BCUT2D eigenvalue weighted by atomic mass is 16.2. The summed E-state index contributed by atoms with van der Waals surface area (Å²) in [7, 11) is 1.86. The van der Waals surface area contributed by atoms with E-state index in [-0.39, 0.29) is 43.0 Å². The van der Waals surface area contributed by atoms with Gasteiger partial charge in [0.15, 0.2) is 0 Å². The number of nitrogens with zero attached hydrogens (tertiary/aromatic N) is 1. The van der Waals surface area contributed by atoms with Gasteiger partial charge >= 0.3 is 0 Å². The summed E-state index contributed by atoms with van der Waals surface area (Å²) in [4.78, 5) is 50.1. The van der Waals surface area contributed by atoms with Gasteiger partial charge in [0.05, 0.1) is 18.0 Å². The second kappa shape index (κ2) is 9.73. The predicted octanol–water partition coefficient (Wildman–Crippen LogP) is 1.11. The third kappa shape index (κ3) is 5.81. The minimum absolute atomic E-state index is 0.00991. The number of benzene rings is 1. The molecule has 4 amide bonds. The molecular weight excluding hydrogens is 384 g/mol. The van der Waals surface area contributed by atoms with Crippen molar-refractivity contribution in [2.45, 2.75) is 50.5 Å². The van der Waals surface area contributed by atoms with Crippen LogP contribution in [0.5, 0.6) is 0 Å². The maximum absolute atomic E-state index is 12.6. The van der Waals surface area contributed by atoms with Crippen LogP contribution in [-0.2, 0) is 19.2 Å². The van der Waals surface area contributed by atoms with E-state index >= 15 is 0 Å². The van der Waals surface area contributed by atoms with Gasteiger partial charge in [0, 0.05) is 32.1 Å². The Labute approximate surface area is 176 Å². The van der Waals surface area contributed by atoms with E-state index in [0.717, 1.165) is 37.8 Å². The third-order valence-electron chi connectivity index (χ3n) is 5.91. The summed E-state index contributed by atoms with van der Waals surface area (Å²) in [6.45, 7) is 0.578. The highest BCUT2D eigenvalue weighted by Gasteiger charge is 2.37. The Kier molecular flexibility index (Phi) is 7.07. The van der Waals surface area contributed by atoms with Crippen LogP contribution in [0.15, 0.2) is 30.3 Å². The minimum atomic E-state index is -0.604. The van der Waals surface area contributed by atoms with E-state index in [2.05, 4.69) is 16.0 Å². The van der Waals surface area contributed by atoms with Gasteiger partial charge in [-0.05, 0) is 25.0 Å². The predicted molar refractivity (Wildman–Crippen MR) is 113 cm³/mol. The summed E-state index contributed by atoms with van der Waals surface area (Å²) in [5.41, 5.74) is 0.452. The van der Waals surface area contributed by atoms with E-state index in [9.17, 15) is 19.2 Å². The standard InChI is InChI=1S/C22H30N4O4/c1-26(17-8-4-2-5-9-17)14-20(29)23-15-22(10-6-3-7-11-22)25-19(28)13-16-12-18(27)24-21(16)30/h2,4-5,8-9,16H,3,6-7,10-15H2,1H3,(H,23,29)(H,25,28)(H,24,27,30). The van der Waals surface area contributed by atoms with Crippen LogP contribution in [0.4, 0.5) is 5.69 Å². The van der Waals surface area contributed by atoms with Gasteiger partial charge in [0.25, 0.3) is 0 Å². The first-order chi connectivity index (χ1) is 14.4. The SMILES string of the molecule is CN(CC(=O)NCC1(NC(=O)CC2CC(=O)NC2=O)CCCCC1)c1ccccc1. The average Bonchev–Trinajstić information content (AvgIpc) is 3.04. The van der Waals surface area contributed by atoms with Gasteiger partial charge in [-0.1, -0.05) is 37.5 Å². The van der Waals surface area contributed by atoms with Gasteiger partial charge in [0.2, 0.25) is 23.6 Å². The number of amides is 4. The first kappa shape index (κ1) is 21.8. The molecule has 8 heteroatoms. The molecule has 0 aromatic heterocycles. The molecule has 2 fully saturated rings. The van der Waals surface area contributed by atoms with Crippen LogP contribution in [-0.4, -0.2) is 49.3 Å². The fourth-order valence-electron chi connectivity index (χ4n) is 4.23. The van der Waals surface area contributed by atoms with Crippen molar-refractivity contribution < 1.29 is 19.2 Å². The molecule has 1 saturated heterocycles. The molecule has 0 bridgehead atoms. The molecule has 30 heavy (non-hydrogen) atoms. The van der Waals surface area contributed by atoms with Gasteiger partial charge in [-0.25, -0.2) is 0 Å². The molecule has 1 aromatic rings. The fourth-order valence-corrected chi connectivity index (χ4v) is 4.23. The van der Waals surface area contributed by atoms with E-state index in [4.69, 9.17) is 0 Å². The molecule has 1 unspecified atom stereocenters. The van der Waals surface area contributed by atoms with Gasteiger partial charge < -0.3 is 15.5 Å². The topological polar surface area (TPSA) is 108 Å². The maximum atomic E-state index is 12.6. The van der Waals surface area contributed by atoms with E-state index in [1.165, 1.54) is 0 Å². The fraction of sp³-hybridized carbons (Fsp3) is 0.545. The summed E-state index contributed by atoms with van der Waals surface area (Å²) in [5.74, 6) is -1.68. The van der Waals surface area contributed by atoms with Gasteiger partial charge in [-0.3, -0.25) is 24.5 Å². The van der Waals surface area contributed by atoms with E-state index in [1.54, 1.807) is 0 Å². The highest BCUT2D eigenvalue weighted by molar-refractivity contribution is 6.04. The van der Waals surface area contributed by atoms with Crippen molar-refractivity contribution in [3.63, 3.8) is 0 Å². The molecule has 3 rings (SSSR count). The Hall–Kier alpha value is -2.90. The van der Waals surface area contributed by atoms with Crippen molar-refractivity contribution in [2.75, 3.05) is 25.0 Å². The number of carbonyl (C=O) groups is 4. The summed E-state index contributed by atoms with van der Waals surface area (Å²) < 4.78 is 0. The number of nitrogens with one attached hydrogen (secondary N) is 3. The number of hydrogen-bond donors (Lipinski definition) is 3. The summed E-state index contributed by atoms with van der Waals surface area (Å²) >= 11 is 0. The number of carbonyl (C=O) groups excluding carboxylic acids is 4. The number of hydrogen-bond acceptors (Lipinski definition) is 5. The van der Waals surface area contributed by atoms with Crippen molar-refractivity contribution in [3.05, 3.63) is 30.3 Å². The van der Waals surface area contributed by atoms with Crippen LogP contribution >= 0.6 is 0 Å². The molecule has 2 aliphatic rings. The number of para-hydroxylation sites is 1. The number of anilines is 1. The number of likely N-dealkylation sites (N-methyl/N-ethyl adjacent to an activating group) is 1. The van der Waals surface area contributed by atoms with Crippen molar-refractivity contribution in [1.82, 2.24) is 16.0 Å². The minimum Gasteiger partial charge on any atom is -0.365 e. The van der Waals surface area contributed by atoms with Crippen LogP contribution in [0.1, 0.15) is 44.9 Å². The molecule has 1 aliphatic heterocycles. The molecular formula is C22H30N4O4. The molecule has 1 aliphatic carbocycles. The molecule has 8 nitrogen and oxygen atoms in total. The first-order valence-electron chi connectivity index (χ1n) is 10.5. The zero-order valence-corrected chi connectivity index (χ0v) is 17.4. The van der Waals surface area contributed by atoms with Crippen molar-refractivity contribution in [1.29, 1.82) is 0 Å². The molecule has 162 valence electrons. The quantitative estimate of drug-likeness (QED) is 0.553. The van der Waals surface area contributed by atoms with Gasteiger partial charge in [-0.2, -0.15) is 0 Å². The lowest BCUT2D eigenvalue weighted by Gasteiger charge is -2.38. The average molecular weight is 415 g/mol. The second-order valence-corrected chi connectivity index (χ2v) is 8.38. The van der Waals surface area contributed by atoms with Crippen LogP contribution in [0.2, 0.25) is 0 Å². The normalized spacial score (nSPS) is 20.4. The molecule has 0 spiro atoms. The largest absolute Gasteiger partial charge is 0.365 e. The smallest absolute Gasteiger partial charge is 0.239 e. The van der Waals surface area contributed by atoms with Crippen LogP contribution in [0.25, 0.3) is 0 Å². The van der Waals surface area contributed by atoms with E-state index < -0.39 is 11.5 Å². The monoisotopic (exact) mass is 414 g/mol. The van der Waals surface area contributed by atoms with Crippen LogP contribution in [0.3, 0.4) is 0 Å². The first-order valence-corrected chi connectivity index (χ1v) is 10.5.